The quantitative estimate of drug-likeness (QED) is 0.0310. The van der Waals surface area contributed by atoms with E-state index in [1.807, 2.05) is 70.1 Å². The highest BCUT2D eigenvalue weighted by Gasteiger charge is 2.19. The second-order valence-electron chi connectivity index (χ2n) is 14.4. The Morgan fingerprint density at radius 1 is 0.781 bits per heavy atom. The summed E-state index contributed by atoms with van der Waals surface area (Å²) in [5.74, 6) is -0.888. The number of esters is 3. The molecule has 0 radical (unpaired) electrons. The van der Waals surface area contributed by atoms with Crippen molar-refractivity contribution in [2.45, 2.75) is 52.9 Å². The lowest BCUT2D eigenvalue weighted by atomic mass is 10.2. The van der Waals surface area contributed by atoms with Crippen LogP contribution in [0.5, 0.6) is 0 Å². The van der Waals surface area contributed by atoms with E-state index < -0.39 is 30.0 Å². The molecular formula is C47H62BrN15O10. The molecule has 0 amide bonds. The van der Waals surface area contributed by atoms with Gasteiger partial charge in [0.1, 0.15) is 11.9 Å². The zero-order chi connectivity index (χ0) is 53.8. The van der Waals surface area contributed by atoms with Crippen LogP contribution < -0.4 is 26.7 Å². The van der Waals surface area contributed by atoms with Crippen LogP contribution in [0.25, 0.3) is 11.2 Å². The molecule has 5 heterocycles. The van der Waals surface area contributed by atoms with Gasteiger partial charge < -0.3 is 58.8 Å². The van der Waals surface area contributed by atoms with Crippen LogP contribution in [0.3, 0.4) is 0 Å². The molecule has 2 atom stereocenters. The Bertz CT molecular complexity index is 2600. The van der Waals surface area contributed by atoms with Crippen LogP contribution in [-0.2, 0) is 51.1 Å². The Balaban J connectivity index is 0.000000327. The van der Waals surface area contributed by atoms with Gasteiger partial charge >= 0.3 is 17.9 Å². The van der Waals surface area contributed by atoms with Crippen molar-refractivity contribution in [3.63, 3.8) is 0 Å². The number of hydrogen-bond donors (Lipinski definition) is 4. The lowest BCUT2D eigenvalue weighted by Gasteiger charge is -2.27. The van der Waals surface area contributed by atoms with E-state index >= 15 is 0 Å². The van der Waals surface area contributed by atoms with E-state index in [9.17, 15) is 19.2 Å². The van der Waals surface area contributed by atoms with Gasteiger partial charge in [0.15, 0.2) is 35.5 Å². The average Bonchev–Trinajstić information content (AvgIpc) is 4.01. The van der Waals surface area contributed by atoms with Crippen LogP contribution in [0, 0.1) is 34.1 Å². The van der Waals surface area contributed by atoms with E-state index in [0.717, 1.165) is 43.7 Å². The number of aliphatic imine (C=N–C) groups is 1. The number of nitrogens with one attached hydrogen (secondary N) is 1. The van der Waals surface area contributed by atoms with Gasteiger partial charge in [-0.25, -0.2) is 29.3 Å². The SMILES string of the molecule is CCOC(=O)C(N)C#N.CCOC(=O)c1ncn(Cc2ccccc2)c1N.CCOC=NC(C#N)C(=O)OCC.N#CN1CCOCC1.NBr.O=c1[nH]c(N2CCOCC2)nc2c1ncn2Cc1ccccc1. The zero-order valence-electron chi connectivity index (χ0n) is 41.2. The molecule has 2 unspecified atom stereocenters. The lowest BCUT2D eigenvalue weighted by Crippen LogP contribution is -2.38. The normalized spacial score (nSPS) is 13.2. The van der Waals surface area contributed by atoms with Crippen molar-refractivity contribution in [3.8, 4) is 18.3 Å². The van der Waals surface area contributed by atoms with Gasteiger partial charge in [0, 0.05) is 29.2 Å². The molecule has 2 saturated heterocycles. The summed E-state index contributed by atoms with van der Waals surface area (Å²) in [4.78, 5) is 68.2. The molecule has 392 valence electrons. The molecule has 2 aliphatic heterocycles. The smallest absolute Gasteiger partial charge is 0.360 e. The number of rotatable bonds is 14. The molecule has 7 N–H and O–H groups in total. The largest absolute Gasteiger partial charge is 0.484 e. The molecule has 3 aromatic heterocycles. The molecule has 0 bridgehead atoms. The second kappa shape index (κ2) is 36.1. The summed E-state index contributed by atoms with van der Waals surface area (Å²) in [6.07, 6.45) is 6.37. The summed E-state index contributed by atoms with van der Waals surface area (Å²) in [6, 6.07) is 20.9. The summed E-state index contributed by atoms with van der Waals surface area (Å²) >= 11 is 2.44. The average molecular weight is 1080 g/mol. The molecular weight excluding hydrogens is 1010 g/mol. The molecule has 25 nitrogen and oxygen atoms in total. The number of hydrogen-bond acceptors (Lipinski definition) is 22. The molecule has 5 aromatic rings. The van der Waals surface area contributed by atoms with Crippen LogP contribution in [0.2, 0.25) is 0 Å². The number of H-pyrrole nitrogens is 1. The van der Waals surface area contributed by atoms with Crippen LogP contribution >= 0.6 is 16.1 Å². The van der Waals surface area contributed by atoms with E-state index in [0.29, 0.717) is 75.7 Å². The van der Waals surface area contributed by atoms with E-state index in [4.69, 9.17) is 46.2 Å². The summed E-state index contributed by atoms with van der Waals surface area (Å²) in [6.45, 7) is 15.0. The maximum atomic E-state index is 12.3. The van der Waals surface area contributed by atoms with E-state index in [1.54, 1.807) is 62.0 Å². The number of nitrogens with two attached hydrogens (primary N) is 3. The Morgan fingerprint density at radius 2 is 1.32 bits per heavy atom. The first-order valence-electron chi connectivity index (χ1n) is 22.7. The number of nitriles is 3. The van der Waals surface area contributed by atoms with Gasteiger partial charge in [0.05, 0.1) is 97.8 Å². The molecule has 73 heavy (non-hydrogen) atoms. The number of halogens is 1. The number of anilines is 2. The van der Waals surface area contributed by atoms with Gasteiger partial charge in [-0.15, -0.1) is 0 Å². The number of fused-ring (bicyclic) bond motifs is 1. The second-order valence-corrected chi connectivity index (χ2v) is 14.4. The Morgan fingerprint density at radius 3 is 1.82 bits per heavy atom. The van der Waals surface area contributed by atoms with E-state index in [1.165, 1.54) is 0 Å². The van der Waals surface area contributed by atoms with Crippen molar-refractivity contribution in [2.75, 3.05) is 89.7 Å². The Labute approximate surface area is 431 Å². The third-order valence-corrected chi connectivity index (χ3v) is 9.43. The molecule has 7 rings (SSSR count). The fraction of sp³-hybridized carbons (Fsp3) is 0.426. The fourth-order valence-electron chi connectivity index (χ4n) is 5.91. The van der Waals surface area contributed by atoms with Crippen molar-refractivity contribution in [1.29, 1.82) is 15.8 Å². The van der Waals surface area contributed by atoms with Crippen LogP contribution in [0.1, 0.15) is 49.3 Å². The van der Waals surface area contributed by atoms with Crippen molar-refractivity contribution in [2.24, 2.45) is 15.5 Å². The van der Waals surface area contributed by atoms with Crippen molar-refractivity contribution < 1.29 is 42.8 Å². The minimum atomic E-state index is -1.13. The molecule has 0 saturated carbocycles. The number of ether oxygens (including phenoxy) is 6. The van der Waals surface area contributed by atoms with Gasteiger partial charge in [0.2, 0.25) is 12.0 Å². The number of imidazole rings is 2. The first-order chi connectivity index (χ1) is 35.4. The first kappa shape index (κ1) is 61.2. The van der Waals surface area contributed by atoms with Crippen molar-refractivity contribution in [1.82, 2.24) is 34.0 Å². The fourth-order valence-corrected chi connectivity index (χ4v) is 5.91. The predicted molar refractivity (Wildman–Crippen MR) is 272 cm³/mol. The summed E-state index contributed by atoms with van der Waals surface area (Å²) in [5.41, 5.74) is 14.0. The standard InChI is InChI=1S/C16H17N5O2.C13H15N3O2.C8H12N2O3.C5H8N2O2.C5H8N2O.BrH2N/c22-15-13-14(18-16(19-15)20-6-8-23-9-7-20)21(11-17-13)10-12-4-2-1-3-5-12;1-2-18-13(17)11-12(14)16(9-15-11)8-10-6-4-3-5-7-10;1-3-12-6-10-7(5-9)8(11)13-4-2;1-2-9-5(8)4(7)3-6;6-5-7-1-3-8-4-2-7;1-2/h1-5,11H,6-10H2,(H,18,19,22);3-7,9H,2,8,14H2,1H3;6-7H,3-4H2,1-2H3;4H,2,7H2,1H3;1-4H2;2H2. The Kier molecular flexibility index (Phi) is 30.2. The summed E-state index contributed by atoms with van der Waals surface area (Å²) in [5, 5.41) is 24.9. The molecule has 0 spiro atoms. The van der Waals surface area contributed by atoms with E-state index in [2.05, 4.69) is 61.5 Å². The van der Waals surface area contributed by atoms with Crippen LogP contribution in [0.15, 0.2) is 83.1 Å². The molecule has 2 aromatic carbocycles. The molecule has 0 aliphatic carbocycles. The van der Waals surface area contributed by atoms with Crippen LogP contribution in [-0.4, -0.2) is 149 Å². The minimum absolute atomic E-state index is 0.174. The number of carbonyl (C=O) groups is 3. The summed E-state index contributed by atoms with van der Waals surface area (Å²) < 4.78 is 36.9. The number of benzene rings is 2. The highest BCUT2D eigenvalue weighted by atomic mass is 79.9. The number of aromatic amines is 1. The lowest BCUT2D eigenvalue weighted by molar-refractivity contribution is -0.144. The van der Waals surface area contributed by atoms with Crippen molar-refractivity contribution in [3.05, 3.63) is 100 Å². The molecule has 2 aliphatic rings. The minimum Gasteiger partial charge on any atom is -0.484 e. The van der Waals surface area contributed by atoms with Gasteiger partial charge in [0.25, 0.3) is 5.56 Å². The van der Waals surface area contributed by atoms with Gasteiger partial charge in [-0.3, -0.25) is 14.5 Å². The predicted octanol–water partition coefficient (Wildman–Crippen LogP) is 2.66. The number of aromatic nitrogens is 6. The number of carbonyl (C=O) groups excluding carboxylic acids is 3. The van der Waals surface area contributed by atoms with Crippen molar-refractivity contribution >= 4 is 63.4 Å². The van der Waals surface area contributed by atoms with Crippen LogP contribution in [0.4, 0.5) is 11.8 Å². The number of morpholine rings is 2. The highest BCUT2D eigenvalue weighted by Crippen LogP contribution is 2.16. The Hall–Kier alpha value is -7.93. The number of nitrogen functional groups attached to an aromatic ring is 1. The third kappa shape index (κ3) is 21.9. The third-order valence-electron chi connectivity index (χ3n) is 9.43. The highest BCUT2D eigenvalue weighted by molar-refractivity contribution is 9.07. The maximum Gasteiger partial charge on any atom is 0.360 e. The van der Waals surface area contributed by atoms with E-state index in [-0.39, 0.29) is 24.5 Å². The zero-order valence-corrected chi connectivity index (χ0v) is 42.8. The van der Waals surface area contributed by atoms with Gasteiger partial charge in [-0.2, -0.15) is 20.8 Å². The first-order valence-corrected chi connectivity index (χ1v) is 23.6. The topological polar surface area (TPSA) is 356 Å². The molecule has 2 fully saturated rings. The van der Waals surface area contributed by atoms with Gasteiger partial charge in [-0.1, -0.05) is 60.7 Å². The molecule has 26 heteroatoms. The van der Waals surface area contributed by atoms with Gasteiger partial charge in [-0.05, 0) is 38.8 Å². The monoisotopic (exact) mass is 1080 g/mol. The summed E-state index contributed by atoms with van der Waals surface area (Å²) in [7, 11) is 0. The number of nitrogens with zero attached hydrogens (tertiary/aromatic N) is 11. The maximum absolute atomic E-state index is 12.3.